The van der Waals surface area contributed by atoms with Crippen LogP contribution in [0.2, 0.25) is 0 Å². The number of pyridine rings is 1. The first-order valence-corrected chi connectivity index (χ1v) is 8.79. The van der Waals surface area contributed by atoms with Gasteiger partial charge in [0.05, 0.1) is 5.52 Å². The summed E-state index contributed by atoms with van der Waals surface area (Å²) in [7, 11) is 0. The molecule has 4 rings (SSSR count). The van der Waals surface area contributed by atoms with Gasteiger partial charge < -0.3 is 0 Å². The maximum absolute atomic E-state index is 14.1. The third-order valence-corrected chi connectivity index (χ3v) is 6.13. The molecule has 3 aromatic rings. The Morgan fingerprint density at radius 2 is 1.91 bits per heavy atom. The molecule has 1 fully saturated rings. The SMILES string of the molecule is CC1(Sc2ccnc3ccc(-c4ccccc4F)cc23)CCC1. The van der Waals surface area contributed by atoms with Crippen LogP contribution in [0.3, 0.4) is 0 Å². The highest BCUT2D eigenvalue weighted by molar-refractivity contribution is 8.01. The number of thioether (sulfide) groups is 1. The molecular formula is C20H18FNS. The molecule has 23 heavy (non-hydrogen) atoms. The quantitative estimate of drug-likeness (QED) is 0.579. The first-order chi connectivity index (χ1) is 11.1. The highest BCUT2D eigenvalue weighted by atomic mass is 32.2. The predicted molar refractivity (Wildman–Crippen MR) is 95.3 cm³/mol. The van der Waals surface area contributed by atoms with Crippen molar-refractivity contribution in [3.8, 4) is 11.1 Å². The highest BCUT2D eigenvalue weighted by Crippen LogP contribution is 2.48. The molecule has 0 N–H and O–H groups in total. The van der Waals surface area contributed by atoms with E-state index in [1.807, 2.05) is 42.2 Å². The molecule has 0 bridgehead atoms. The molecule has 1 heterocycles. The minimum atomic E-state index is -0.184. The third kappa shape index (κ3) is 2.74. The Hall–Kier alpha value is -1.87. The molecule has 0 saturated heterocycles. The third-order valence-electron chi connectivity index (χ3n) is 4.65. The molecule has 0 radical (unpaired) electrons. The number of aromatic nitrogens is 1. The topological polar surface area (TPSA) is 12.9 Å². The lowest BCUT2D eigenvalue weighted by Gasteiger charge is -2.37. The Morgan fingerprint density at radius 1 is 1.09 bits per heavy atom. The molecule has 1 aliphatic rings. The first kappa shape index (κ1) is 14.7. The molecule has 1 nitrogen and oxygen atoms in total. The van der Waals surface area contributed by atoms with Gasteiger partial charge in [0.2, 0.25) is 0 Å². The molecule has 0 spiro atoms. The van der Waals surface area contributed by atoms with Crippen molar-refractivity contribution >= 4 is 22.7 Å². The number of halogens is 1. The van der Waals surface area contributed by atoms with Gasteiger partial charge in [-0.1, -0.05) is 37.6 Å². The molecule has 1 aromatic heterocycles. The molecule has 3 heteroatoms. The van der Waals surface area contributed by atoms with Gasteiger partial charge in [0.1, 0.15) is 5.82 Å². The van der Waals surface area contributed by atoms with Gasteiger partial charge in [-0.25, -0.2) is 4.39 Å². The van der Waals surface area contributed by atoms with Crippen LogP contribution in [0.15, 0.2) is 59.6 Å². The molecule has 1 saturated carbocycles. The molecule has 1 aliphatic carbocycles. The fourth-order valence-electron chi connectivity index (χ4n) is 3.12. The van der Waals surface area contributed by atoms with Crippen molar-refractivity contribution in [3.63, 3.8) is 0 Å². The molecular weight excluding hydrogens is 305 g/mol. The summed E-state index contributed by atoms with van der Waals surface area (Å²) in [6, 6.07) is 15.0. The van der Waals surface area contributed by atoms with E-state index in [9.17, 15) is 4.39 Å². The predicted octanol–water partition coefficient (Wildman–Crippen LogP) is 6.08. The summed E-state index contributed by atoms with van der Waals surface area (Å²) in [6.07, 6.45) is 5.70. The number of nitrogens with zero attached hydrogens (tertiary/aromatic N) is 1. The number of hydrogen-bond donors (Lipinski definition) is 0. The lowest BCUT2D eigenvalue weighted by Crippen LogP contribution is -2.28. The summed E-state index contributed by atoms with van der Waals surface area (Å²) in [5.41, 5.74) is 2.52. The number of fused-ring (bicyclic) bond motifs is 1. The Labute approximate surface area is 139 Å². The van der Waals surface area contributed by atoms with E-state index in [0.29, 0.717) is 10.3 Å². The summed E-state index contributed by atoms with van der Waals surface area (Å²) in [4.78, 5) is 5.71. The van der Waals surface area contributed by atoms with Crippen molar-refractivity contribution in [2.75, 3.05) is 0 Å². The van der Waals surface area contributed by atoms with E-state index in [0.717, 1.165) is 16.5 Å². The normalized spacial score (nSPS) is 16.3. The van der Waals surface area contributed by atoms with Crippen LogP contribution in [0.5, 0.6) is 0 Å². The van der Waals surface area contributed by atoms with Crippen molar-refractivity contribution in [1.29, 1.82) is 0 Å². The molecule has 2 aromatic carbocycles. The van der Waals surface area contributed by atoms with Crippen molar-refractivity contribution in [2.24, 2.45) is 0 Å². The van der Waals surface area contributed by atoms with E-state index >= 15 is 0 Å². The zero-order valence-electron chi connectivity index (χ0n) is 13.1. The van der Waals surface area contributed by atoms with Crippen LogP contribution in [0.25, 0.3) is 22.0 Å². The maximum Gasteiger partial charge on any atom is 0.131 e. The minimum absolute atomic E-state index is 0.184. The standard InChI is InChI=1S/C20H18FNS/c1-20(10-4-11-20)23-19-9-12-22-18-8-7-14(13-16(18)19)15-5-2-3-6-17(15)21/h2-3,5-9,12-13H,4,10-11H2,1H3. The molecule has 0 amide bonds. The number of hydrogen-bond acceptors (Lipinski definition) is 2. The van der Waals surface area contributed by atoms with E-state index in [4.69, 9.17) is 0 Å². The van der Waals surface area contributed by atoms with Crippen LogP contribution < -0.4 is 0 Å². The number of benzene rings is 2. The highest BCUT2D eigenvalue weighted by Gasteiger charge is 2.33. The lowest BCUT2D eigenvalue weighted by molar-refractivity contribution is 0.392. The fraction of sp³-hybridized carbons (Fsp3) is 0.250. The van der Waals surface area contributed by atoms with Crippen molar-refractivity contribution in [3.05, 3.63) is 60.5 Å². The summed E-state index contributed by atoms with van der Waals surface area (Å²) in [5, 5.41) is 1.12. The van der Waals surface area contributed by atoms with Crippen LogP contribution in [-0.2, 0) is 0 Å². The second kappa shape index (κ2) is 5.64. The van der Waals surface area contributed by atoms with Gasteiger partial charge >= 0.3 is 0 Å². The van der Waals surface area contributed by atoms with Gasteiger partial charge in [-0.15, -0.1) is 11.8 Å². The van der Waals surface area contributed by atoms with Gasteiger partial charge in [-0.3, -0.25) is 4.98 Å². The van der Waals surface area contributed by atoms with Crippen molar-refractivity contribution in [1.82, 2.24) is 4.98 Å². The summed E-state index contributed by atoms with van der Waals surface area (Å²) in [6.45, 7) is 2.33. The Morgan fingerprint density at radius 3 is 2.65 bits per heavy atom. The van der Waals surface area contributed by atoms with Crippen molar-refractivity contribution in [2.45, 2.75) is 35.8 Å². The van der Waals surface area contributed by atoms with E-state index in [2.05, 4.69) is 24.0 Å². The Balaban J connectivity index is 1.82. The molecule has 116 valence electrons. The van der Waals surface area contributed by atoms with Gasteiger partial charge in [-0.05, 0) is 42.7 Å². The average Bonchev–Trinajstić information content (AvgIpc) is 2.54. The van der Waals surface area contributed by atoms with Crippen LogP contribution in [0.4, 0.5) is 4.39 Å². The van der Waals surface area contributed by atoms with Gasteiger partial charge in [0.25, 0.3) is 0 Å². The van der Waals surface area contributed by atoms with Gasteiger partial charge in [-0.2, -0.15) is 0 Å². The van der Waals surface area contributed by atoms with Crippen LogP contribution in [-0.4, -0.2) is 9.73 Å². The van der Waals surface area contributed by atoms with Crippen LogP contribution in [0, 0.1) is 5.82 Å². The maximum atomic E-state index is 14.1. The zero-order valence-corrected chi connectivity index (χ0v) is 13.9. The average molecular weight is 323 g/mol. The molecule has 0 atom stereocenters. The second-order valence-corrected chi connectivity index (χ2v) is 8.06. The molecule has 0 aliphatic heterocycles. The fourth-order valence-corrected chi connectivity index (χ4v) is 4.54. The van der Waals surface area contributed by atoms with Gasteiger partial charge in [0.15, 0.2) is 0 Å². The van der Waals surface area contributed by atoms with Crippen LogP contribution >= 0.6 is 11.8 Å². The first-order valence-electron chi connectivity index (χ1n) is 7.97. The summed E-state index contributed by atoms with van der Waals surface area (Å²) < 4.78 is 14.4. The number of rotatable bonds is 3. The second-order valence-electron chi connectivity index (χ2n) is 6.43. The van der Waals surface area contributed by atoms with E-state index < -0.39 is 0 Å². The van der Waals surface area contributed by atoms with E-state index in [1.54, 1.807) is 6.07 Å². The van der Waals surface area contributed by atoms with Crippen molar-refractivity contribution < 1.29 is 4.39 Å². The monoisotopic (exact) mass is 323 g/mol. The summed E-state index contributed by atoms with van der Waals surface area (Å²) in [5.74, 6) is -0.184. The van der Waals surface area contributed by atoms with Gasteiger partial charge in [0, 0.05) is 26.8 Å². The Kier molecular flexibility index (Phi) is 3.61. The minimum Gasteiger partial charge on any atom is -0.256 e. The Bertz CT molecular complexity index is 870. The smallest absolute Gasteiger partial charge is 0.131 e. The largest absolute Gasteiger partial charge is 0.256 e. The lowest BCUT2D eigenvalue weighted by atomic mass is 9.86. The summed E-state index contributed by atoms with van der Waals surface area (Å²) >= 11 is 1.94. The van der Waals surface area contributed by atoms with Crippen LogP contribution in [0.1, 0.15) is 26.2 Å². The zero-order chi connectivity index (χ0) is 15.9. The molecule has 0 unspecified atom stereocenters. The van der Waals surface area contributed by atoms with E-state index in [1.165, 1.54) is 30.2 Å². The van der Waals surface area contributed by atoms with E-state index in [-0.39, 0.29) is 5.82 Å².